The molecule has 0 saturated carbocycles. The zero-order valence-corrected chi connectivity index (χ0v) is 8.83. The van der Waals surface area contributed by atoms with Crippen LogP contribution >= 0.6 is 0 Å². The molecule has 5 heteroatoms. The van der Waals surface area contributed by atoms with Crippen LogP contribution in [-0.2, 0) is 17.9 Å². The quantitative estimate of drug-likeness (QED) is 0.657. The Morgan fingerprint density at radius 3 is 3.00 bits per heavy atom. The standard InChI is InChI=1S/C10H16F2N2O/c1-2-3-6-15-8-9-4-5-13-14(9)7-10(11)12/h4-5,10H,2-3,6-8H2,1H3. The second-order valence-electron chi connectivity index (χ2n) is 3.30. The molecule has 0 aliphatic heterocycles. The number of alkyl halides is 2. The fourth-order valence-electron chi connectivity index (χ4n) is 1.20. The number of aromatic nitrogens is 2. The van der Waals surface area contributed by atoms with Gasteiger partial charge in [-0.3, -0.25) is 4.68 Å². The van der Waals surface area contributed by atoms with E-state index >= 15 is 0 Å². The summed E-state index contributed by atoms with van der Waals surface area (Å²) in [7, 11) is 0. The first-order valence-electron chi connectivity index (χ1n) is 5.10. The second kappa shape index (κ2) is 6.50. The molecule has 0 aliphatic rings. The molecule has 0 atom stereocenters. The molecule has 15 heavy (non-hydrogen) atoms. The Morgan fingerprint density at radius 2 is 2.33 bits per heavy atom. The molecular weight excluding hydrogens is 202 g/mol. The van der Waals surface area contributed by atoms with Crippen LogP contribution in [0.5, 0.6) is 0 Å². The fourth-order valence-corrected chi connectivity index (χ4v) is 1.20. The first-order chi connectivity index (χ1) is 7.24. The SMILES string of the molecule is CCCCOCc1ccnn1CC(F)F. The highest BCUT2D eigenvalue weighted by molar-refractivity contribution is 4.98. The van der Waals surface area contributed by atoms with Crippen molar-refractivity contribution in [2.24, 2.45) is 0 Å². The van der Waals surface area contributed by atoms with E-state index < -0.39 is 6.43 Å². The van der Waals surface area contributed by atoms with Crippen molar-refractivity contribution >= 4 is 0 Å². The summed E-state index contributed by atoms with van der Waals surface area (Å²) in [6, 6.07) is 1.70. The summed E-state index contributed by atoms with van der Waals surface area (Å²) in [5.74, 6) is 0. The maximum absolute atomic E-state index is 12.1. The van der Waals surface area contributed by atoms with Crippen molar-refractivity contribution in [1.82, 2.24) is 9.78 Å². The molecule has 0 amide bonds. The molecular formula is C10H16F2N2O. The number of hydrogen-bond acceptors (Lipinski definition) is 2. The van der Waals surface area contributed by atoms with Crippen molar-refractivity contribution in [1.29, 1.82) is 0 Å². The van der Waals surface area contributed by atoms with Crippen LogP contribution in [0.2, 0.25) is 0 Å². The Kier molecular flexibility index (Phi) is 5.25. The monoisotopic (exact) mass is 218 g/mol. The van der Waals surface area contributed by atoms with Gasteiger partial charge in [0, 0.05) is 12.8 Å². The summed E-state index contributed by atoms with van der Waals surface area (Å²) in [6.07, 6.45) is 1.19. The van der Waals surface area contributed by atoms with Gasteiger partial charge in [-0.05, 0) is 12.5 Å². The molecule has 1 aromatic heterocycles. The molecule has 0 bridgehead atoms. The summed E-state index contributed by atoms with van der Waals surface area (Å²) in [5, 5.41) is 3.81. The van der Waals surface area contributed by atoms with Crippen LogP contribution < -0.4 is 0 Å². The molecule has 0 spiro atoms. The minimum Gasteiger partial charge on any atom is -0.375 e. The molecule has 0 aromatic carbocycles. The normalized spacial score (nSPS) is 11.2. The highest BCUT2D eigenvalue weighted by Crippen LogP contribution is 2.05. The van der Waals surface area contributed by atoms with Crippen LogP contribution in [0.4, 0.5) is 8.78 Å². The summed E-state index contributed by atoms with van der Waals surface area (Å²) < 4.78 is 30.9. The van der Waals surface area contributed by atoms with Crippen LogP contribution in [0.3, 0.4) is 0 Å². The molecule has 0 fully saturated rings. The molecule has 1 heterocycles. The van der Waals surface area contributed by atoms with Crippen molar-refractivity contribution in [2.75, 3.05) is 6.61 Å². The van der Waals surface area contributed by atoms with Crippen molar-refractivity contribution in [2.45, 2.75) is 39.3 Å². The van der Waals surface area contributed by atoms with E-state index in [1.165, 1.54) is 10.9 Å². The molecule has 0 saturated heterocycles. The zero-order valence-electron chi connectivity index (χ0n) is 8.83. The van der Waals surface area contributed by atoms with Crippen LogP contribution in [0.15, 0.2) is 12.3 Å². The zero-order chi connectivity index (χ0) is 11.1. The lowest BCUT2D eigenvalue weighted by molar-refractivity contribution is 0.0976. The number of hydrogen-bond donors (Lipinski definition) is 0. The summed E-state index contributed by atoms with van der Waals surface area (Å²) in [6.45, 7) is 2.73. The van der Waals surface area contributed by atoms with Gasteiger partial charge in [0.15, 0.2) is 0 Å². The summed E-state index contributed by atoms with van der Waals surface area (Å²) >= 11 is 0. The molecule has 86 valence electrons. The van der Waals surface area contributed by atoms with Gasteiger partial charge in [-0.2, -0.15) is 5.10 Å². The first-order valence-corrected chi connectivity index (χ1v) is 5.10. The lowest BCUT2D eigenvalue weighted by Crippen LogP contribution is -2.12. The molecule has 1 aromatic rings. The predicted octanol–water partition coefficient (Wildman–Crippen LogP) is 2.46. The van der Waals surface area contributed by atoms with Crippen molar-refractivity contribution in [3.8, 4) is 0 Å². The molecule has 0 radical (unpaired) electrons. The van der Waals surface area contributed by atoms with E-state index in [0.29, 0.717) is 18.9 Å². The minimum atomic E-state index is -2.38. The predicted molar refractivity (Wildman–Crippen MR) is 52.8 cm³/mol. The van der Waals surface area contributed by atoms with Gasteiger partial charge in [0.25, 0.3) is 6.43 Å². The summed E-state index contributed by atoms with van der Waals surface area (Å²) in [5.41, 5.74) is 0.700. The minimum absolute atomic E-state index is 0.354. The van der Waals surface area contributed by atoms with Crippen molar-refractivity contribution < 1.29 is 13.5 Å². The number of rotatable bonds is 7. The van der Waals surface area contributed by atoms with E-state index in [1.54, 1.807) is 6.07 Å². The Balaban J connectivity index is 2.36. The lowest BCUT2D eigenvalue weighted by atomic mass is 10.4. The van der Waals surface area contributed by atoms with Gasteiger partial charge in [-0.25, -0.2) is 8.78 Å². The average molecular weight is 218 g/mol. The molecule has 0 unspecified atom stereocenters. The highest BCUT2D eigenvalue weighted by Gasteiger charge is 2.08. The van der Waals surface area contributed by atoms with Gasteiger partial charge in [0.1, 0.15) is 6.54 Å². The number of unbranched alkanes of at least 4 members (excludes halogenated alkanes) is 1. The van der Waals surface area contributed by atoms with Crippen LogP contribution in [0, 0.1) is 0 Å². The highest BCUT2D eigenvalue weighted by atomic mass is 19.3. The van der Waals surface area contributed by atoms with Gasteiger partial charge >= 0.3 is 0 Å². The lowest BCUT2D eigenvalue weighted by Gasteiger charge is -2.07. The Bertz CT molecular complexity index is 276. The third-order valence-corrected chi connectivity index (χ3v) is 2.01. The Labute approximate surface area is 88.0 Å². The van der Waals surface area contributed by atoms with Gasteiger partial charge in [-0.15, -0.1) is 0 Å². The van der Waals surface area contributed by atoms with Crippen molar-refractivity contribution in [3.63, 3.8) is 0 Å². The fraction of sp³-hybridized carbons (Fsp3) is 0.700. The molecule has 0 aliphatic carbocycles. The van der Waals surface area contributed by atoms with E-state index in [9.17, 15) is 8.78 Å². The third-order valence-electron chi connectivity index (χ3n) is 2.01. The first kappa shape index (κ1) is 12.1. The molecule has 3 nitrogen and oxygen atoms in total. The average Bonchev–Trinajstić information content (AvgIpc) is 2.59. The van der Waals surface area contributed by atoms with E-state index in [4.69, 9.17) is 4.74 Å². The van der Waals surface area contributed by atoms with Gasteiger partial charge in [0.05, 0.1) is 12.3 Å². The third kappa shape index (κ3) is 4.38. The Hall–Kier alpha value is -0.970. The number of ether oxygens (including phenoxy) is 1. The summed E-state index contributed by atoms with van der Waals surface area (Å²) in [4.78, 5) is 0. The maximum Gasteiger partial charge on any atom is 0.257 e. The maximum atomic E-state index is 12.1. The van der Waals surface area contributed by atoms with Gasteiger partial charge in [-0.1, -0.05) is 13.3 Å². The van der Waals surface area contributed by atoms with Crippen molar-refractivity contribution in [3.05, 3.63) is 18.0 Å². The van der Waals surface area contributed by atoms with Crippen LogP contribution in [0.1, 0.15) is 25.5 Å². The molecule has 1 rings (SSSR count). The molecule has 0 N–H and O–H groups in total. The van der Waals surface area contributed by atoms with Crippen LogP contribution in [0.25, 0.3) is 0 Å². The second-order valence-corrected chi connectivity index (χ2v) is 3.30. The number of nitrogens with zero attached hydrogens (tertiary/aromatic N) is 2. The smallest absolute Gasteiger partial charge is 0.257 e. The topological polar surface area (TPSA) is 27.1 Å². The van der Waals surface area contributed by atoms with E-state index in [1.807, 2.05) is 0 Å². The van der Waals surface area contributed by atoms with E-state index in [2.05, 4.69) is 12.0 Å². The van der Waals surface area contributed by atoms with Gasteiger partial charge < -0.3 is 4.74 Å². The Morgan fingerprint density at radius 1 is 1.53 bits per heavy atom. The van der Waals surface area contributed by atoms with E-state index in [0.717, 1.165) is 12.8 Å². The van der Waals surface area contributed by atoms with E-state index in [-0.39, 0.29) is 6.54 Å². The largest absolute Gasteiger partial charge is 0.375 e. The van der Waals surface area contributed by atoms with Gasteiger partial charge in [0.2, 0.25) is 0 Å². The van der Waals surface area contributed by atoms with Crippen LogP contribution in [-0.4, -0.2) is 22.8 Å². The number of halogens is 2.